The number of aromatic amines is 1. The van der Waals surface area contributed by atoms with Crippen LogP contribution in [0.1, 0.15) is 15.9 Å². The Morgan fingerprint density at radius 3 is 2.67 bits per heavy atom. The third-order valence-corrected chi connectivity index (χ3v) is 3.00. The second-order valence-corrected chi connectivity index (χ2v) is 4.33. The summed E-state index contributed by atoms with van der Waals surface area (Å²) in [4.78, 5) is 27.0. The van der Waals surface area contributed by atoms with Crippen molar-refractivity contribution >= 4 is 28.7 Å². The number of primary amides is 2. The van der Waals surface area contributed by atoms with Gasteiger partial charge in [-0.05, 0) is 12.1 Å². The van der Waals surface area contributed by atoms with Crippen LogP contribution in [0.5, 0.6) is 0 Å². The number of urea groups is 1. The van der Waals surface area contributed by atoms with Crippen molar-refractivity contribution < 1.29 is 14.7 Å². The first-order valence-corrected chi connectivity index (χ1v) is 6.04. The van der Waals surface area contributed by atoms with E-state index < -0.39 is 11.9 Å². The van der Waals surface area contributed by atoms with E-state index in [1.807, 2.05) is 0 Å². The number of aliphatic hydroxyl groups excluding tert-OH is 1. The van der Waals surface area contributed by atoms with Crippen molar-refractivity contribution in [1.29, 1.82) is 0 Å². The number of benzene rings is 1. The van der Waals surface area contributed by atoms with Crippen LogP contribution < -0.4 is 16.4 Å². The Balaban J connectivity index is 2.67. The van der Waals surface area contributed by atoms with Gasteiger partial charge in [0.05, 0.1) is 5.56 Å². The number of anilines is 1. The number of amides is 3. The highest BCUT2D eigenvalue weighted by Gasteiger charge is 2.21. The lowest BCUT2D eigenvalue weighted by Gasteiger charge is -2.13. The Morgan fingerprint density at radius 1 is 1.38 bits per heavy atom. The van der Waals surface area contributed by atoms with Crippen LogP contribution in [-0.4, -0.2) is 35.7 Å². The second kappa shape index (κ2) is 5.56. The molecule has 0 spiro atoms. The van der Waals surface area contributed by atoms with E-state index >= 15 is 0 Å². The van der Waals surface area contributed by atoms with Gasteiger partial charge in [0, 0.05) is 23.5 Å². The van der Waals surface area contributed by atoms with Gasteiger partial charge in [0.15, 0.2) is 0 Å². The van der Waals surface area contributed by atoms with E-state index in [2.05, 4.69) is 16.8 Å². The van der Waals surface area contributed by atoms with Crippen LogP contribution in [0, 0.1) is 11.8 Å². The average Bonchev–Trinajstić information content (AvgIpc) is 2.82. The smallest absolute Gasteiger partial charge is 0.320 e. The third-order valence-electron chi connectivity index (χ3n) is 3.00. The molecule has 0 aliphatic heterocycles. The van der Waals surface area contributed by atoms with Crippen LogP contribution >= 0.6 is 0 Å². The van der Waals surface area contributed by atoms with E-state index in [1.54, 1.807) is 18.2 Å². The standard InChI is InChI=1S/C14H14N4O3/c1-18(14(16)21)13-11(12(15)20)9-5-4-8(3-2-6-19)7-10(9)17-13/h4-5,7,17,19H,6H2,1H3,(H2,15,20)(H2,16,21). The number of aliphatic hydroxyl groups is 1. The van der Waals surface area contributed by atoms with E-state index in [9.17, 15) is 9.59 Å². The second-order valence-electron chi connectivity index (χ2n) is 4.33. The predicted octanol–water partition coefficient (Wildman–Crippen LogP) is 0.126. The number of rotatable bonds is 2. The molecule has 0 unspecified atom stereocenters. The number of H-pyrrole nitrogens is 1. The van der Waals surface area contributed by atoms with Gasteiger partial charge in [0.25, 0.3) is 5.91 Å². The number of aromatic nitrogens is 1. The Kier molecular flexibility index (Phi) is 3.82. The average molecular weight is 286 g/mol. The minimum atomic E-state index is -0.718. The van der Waals surface area contributed by atoms with Crippen molar-refractivity contribution in [3.05, 3.63) is 29.3 Å². The maximum atomic E-state index is 11.6. The van der Waals surface area contributed by atoms with Crippen molar-refractivity contribution in [3.63, 3.8) is 0 Å². The fourth-order valence-electron chi connectivity index (χ4n) is 2.01. The van der Waals surface area contributed by atoms with E-state index in [4.69, 9.17) is 16.6 Å². The first-order chi connectivity index (χ1) is 9.95. The normalized spacial score (nSPS) is 10.0. The fourth-order valence-corrected chi connectivity index (χ4v) is 2.01. The SMILES string of the molecule is CN(C(N)=O)c1[nH]c2cc(C#CCO)ccc2c1C(N)=O. The number of carbonyl (C=O) groups is 2. The van der Waals surface area contributed by atoms with Crippen LogP contribution in [-0.2, 0) is 0 Å². The summed E-state index contributed by atoms with van der Waals surface area (Å²) >= 11 is 0. The van der Waals surface area contributed by atoms with Gasteiger partial charge in [-0.3, -0.25) is 9.69 Å². The number of nitrogens with zero attached hydrogens (tertiary/aromatic N) is 1. The van der Waals surface area contributed by atoms with E-state index in [0.717, 1.165) is 4.90 Å². The van der Waals surface area contributed by atoms with Gasteiger partial charge in [-0.1, -0.05) is 17.9 Å². The Morgan fingerprint density at radius 2 is 2.10 bits per heavy atom. The maximum Gasteiger partial charge on any atom is 0.320 e. The predicted molar refractivity (Wildman–Crippen MR) is 78.8 cm³/mol. The highest BCUT2D eigenvalue weighted by atomic mass is 16.2. The zero-order valence-corrected chi connectivity index (χ0v) is 11.3. The zero-order chi connectivity index (χ0) is 15.6. The Labute approximate surface area is 120 Å². The molecule has 2 rings (SSSR count). The number of hydrogen-bond acceptors (Lipinski definition) is 3. The lowest BCUT2D eigenvalue weighted by Crippen LogP contribution is -2.33. The topological polar surface area (TPSA) is 125 Å². The molecule has 1 aromatic heterocycles. The molecule has 0 aliphatic carbocycles. The van der Waals surface area contributed by atoms with Gasteiger partial charge in [-0.2, -0.15) is 0 Å². The number of nitrogens with one attached hydrogen (secondary N) is 1. The van der Waals surface area contributed by atoms with Crippen LogP contribution in [0.25, 0.3) is 10.9 Å². The quantitative estimate of drug-likeness (QED) is 0.586. The molecule has 0 radical (unpaired) electrons. The molecule has 0 saturated carbocycles. The molecule has 108 valence electrons. The summed E-state index contributed by atoms with van der Waals surface area (Å²) in [5.74, 6) is 4.85. The van der Waals surface area contributed by atoms with Crippen molar-refractivity contribution in [2.75, 3.05) is 18.6 Å². The van der Waals surface area contributed by atoms with E-state index in [1.165, 1.54) is 7.05 Å². The van der Waals surface area contributed by atoms with Gasteiger partial charge in [0.1, 0.15) is 12.4 Å². The highest BCUT2D eigenvalue weighted by Crippen LogP contribution is 2.28. The number of carbonyl (C=O) groups excluding carboxylic acids is 2. The third kappa shape index (κ3) is 2.66. The first kappa shape index (κ1) is 14.4. The molecule has 0 atom stereocenters. The summed E-state index contributed by atoms with van der Waals surface area (Å²) in [6.07, 6.45) is 0. The van der Waals surface area contributed by atoms with Crippen molar-refractivity contribution in [3.8, 4) is 11.8 Å². The Hall–Kier alpha value is -2.98. The van der Waals surface area contributed by atoms with Gasteiger partial charge in [0.2, 0.25) is 0 Å². The largest absolute Gasteiger partial charge is 0.384 e. The monoisotopic (exact) mass is 286 g/mol. The highest BCUT2D eigenvalue weighted by molar-refractivity contribution is 6.13. The molecule has 0 saturated heterocycles. The molecule has 3 amide bonds. The van der Waals surface area contributed by atoms with Gasteiger partial charge < -0.3 is 21.6 Å². The Bertz CT molecular complexity index is 783. The molecule has 1 aromatic carbocycles. The summed E-state index contributed by atoms with van der Waals surface area (Å²) in [5.41, 5.74) is 12.0. The van der Waals surface area contributed by atoms with Crippen LogP contribution in [0.4, 0.5) is 10.6 Å². The number of hydrogen-bond donors (Lipinski definition) is 4. The summed E-state index contributed by atoms with van der Waals surface area (Å²) in [6.45, 7) is -0.245. The zero-order valence-electron chi connectivity index (χ0n) is 11.3. The molecular weight excluding hydrogens is 272 g/mol. The van der Waals surface area contributed by atoms with Crippen LogP contribution in [0.15, 0.2) is 18.2 Å². The van der Waals surface area contributed by atoms with E-state index in [-0.39, 0.29) is 18.0 Å². The van der Waals surface area contributed by atoms with E-state index in [0.29, 0.717) is 16.5 Å². The van der Waals surface area contributed by atoms with Gasteiger partial charge in [-0.15, -0.1) is 0 Å². The molecule has 0 bridgehead atoms. The van der Waals surface area contributed by atoms with Gasteiger partial charge >= 0.3 is 6.03 Å². The lowest BCUT2D eigenvalue weighted by atomic mass is 10.1. The molecule has 2 aromatic rings. The molecule has 0 aliphatic rings. The summed E-state index contributed by atoms with van der Waals surface area (Å²) < 4.78 is 0. The summed E-state index contributed by atoms with van der Waals surface area (Å²) in [7, 11) is 1.44. The molecular formula is C14H14N4O3. The van der Waals surface area contributed by atoms with Gasteiger partial charge in [-0.25, -0.2) is 4.79 Å². The maximum absolute atomic E-state index is 11.6. The molecule has 6 N–H and O–H groups in total. The van der Waals surface area contributed by atoms with Crippen LogP contribution in [0.2, 0.25) is 0 Å². The fraction of sp³-hybridized carbons (Fsp3) is 0.143. The number of fused-ring (bicyclic) bond motifs is 1. The molecule has 7 nitrogen and oxygen atoms in total. The molecule has 0 fully saturated rings. The minimum Gasteiger partial charge on any atom is -0.384 e. The van der Waals surface area contributed by atoms with Crippen molar-refractivity contribution in [1.82, 2.24) is 4.98 Å². The molecule has 7 heteroatoms. The number of nitrogens with two attached hydrogens (primary N) is 2. The molecule has 1 heterocycles. The lowest BCUT2D eigenvalue weighted by molar-refractivity contribution is 0.100. The summed E-state index contributed by atoms with van der Waals surface area (Å²) in [6, 6.07) is 4.35. The minimum absolute atomic E-state index is 0.188. The van der Waals surface area contributed by atoms with Crippen molar-refractivity contribution in [2.45, 2.75) is 0 Å². The molecule has 21 heavy (non-hydrogen) atoms. The first-order valence-electron chi connectivity index (χ1n) is 6.04. The van der Waals surface area contributed by atoms with Crippen molar-refractivity contribution in [2.24, 2.45) is 11.5 Å². The van der Waals surface area contributed by atoms with Crippen LogP contribution in [0.3, 0.4) is 0 Å². The summed E-state index contributed by atoms with van der Waals surface area (Å²) in [5, 5.41) is 9.26.